The van der Waals surface area contributed by atoms with Crippen LogP contribution in [-0.2, 0) is 4.79 Å². The molecule has 96 valence electrons. The zero-order valence-corrected chi connectivity index (χ0v) is 10.3. The Morgan fingerprint density at radius 3 is 3.00 bits per heavy atom. The van der Waals surface area contributed by atoms with E-state index >= 15 is 0 Å². The Bertz CT molecular complexity index is 590. The smallest absolute Gasteiger partial charge is 0.247 e. The molecule has 6 nitrogen and oxygen atoms in total. The molecule has 6 heteroatoms. The van der Waals surface area contributed by atoms with Crippen molar-refractivity contribution in [2.45, 2.75) is 6.04 Å². The number of carbonyl (C=O) groups excluding carboxylic acids is 1. The summed E-state index contributed by atoms with van der Waals surface area (Å²) in [5, 5.41) is 5.84. The highest BCUT2D eigenvalue weighted by molar-refractivity contribution is 6.18. The maximum absolute atomic E-state index is 11.9. The van der Waals surface area contributed by atoms with Crippen LogP contribution >= 0.6 is 0 Å². The molecule has 1 aromatic heterocycles. The molecule has 2 aliphatic heterocycles. The molecule has 0 saturated carbocycles. The molecule has 1 fully saturated rings. The van der Waals surface area contributed by atoms with Crippen molar-refractivity contribution in [3.63, 3.8) is 0 Å². The summed E-state index contributed by atoms with van der Waals surface area (Å²) in [7, 11) is 0. The lowest BCUT2D eigenvalue weighted by atomic mass is 10.1. The van der Waals surface area contributed by atoms with E-state index in [9.17, 15) is 4.79 Å². The summed E-state index contributed by atoms with van der Waals surface area (Å²) in [6.07, 6.45) is 6.86. The average molecular weight is 255 g/mol. The quantitative estimate of drug-likeness (QED) is 0.774. The van der Waals surface area contributed by atoms with Crippen molar-refractivity contribution in [2.75, 3.05) is 13.1 Å². The molecule has 0 aromatic carbocycles. The van der Waals surface area contributed by atoms with E-state index in [0.29, 0.717) is 18.8 Å². The Kier molecular flexibility index (Phi) is 2.92. The van der Waals surface area contributed by atoms with Gasteiger partial charge in [-0.3, -0.25) is 25.1 Å². The zero-order valence-electron chi connectivity index (χ0n) is 10.3. The van der Waals surface area contributed by atoms with E-state index in [0.717, 1.165) is 17.0 Å². The third-order valence-electron chi connectivity index (χ3n) is 3.02. The van der Waals surface area contributed by atoms with Crippen molar-refractivity contribution in [3.8, 4) is 0 Å². The van der Waals surface area contributed by atoms with Crippen molar-refractivity contribution in [2.24, 2.45) is 4.99 Å². The van der Waals surface area contributed by atoms with Gasteiger partial charge >= 0.3 is 0 Å². The first-order valence-corrected chi connectivity index (χ1v) is 5.97. The number of carbonyl (C=O) groups is 1. The third-order valence-corrected chi connectivity index (χ3v) is 3.02. The van der Waals surface area contributed by atoms with Crippen LogP contribution in [0.25, 0.3) is 5.57 Å². The van der Waals surface area contributed by atoms with Gasteiger partial charge in [0.05, 0.1) is 24.1 Å². The molecule has 1 unspecified atom stereocenters. The number of aliphatic imine (C=N–C) groups is 1. The summed E-state index contributed by atoms with van der Waals surface area (Å²) in [6, 6.07) is -0.417. The van der Waals surface area contributed by atoms with Crippen LogP contribution in [0.2, 0.25) is 0 Å². The average Bonchev–Trinajstić information content (AvgIpc) is 2.89. The molecule has 2 N–H and O–H groups in total. The summed E-state index contributed by atoms with van der Waals surface area (Å²) < 4.78 is 0. The number of amides is 1. The zero-order chi connectivity index (χ0) is 13.2. The molecule has 1 amide bonds. The number of hydrogen-bond donors (Lipinski definition) is 2. The van der Waals surface area contributed by atoms with Crippen LogP contribution in [0.15, 0.2) is 41.9 Å². The van der Waals surface area contributed by atoms with Crippen LogP contribution in [-0.4, -0.2) is 40.7 Å². The topological polar surface area (TPSA) is 79.3 Å². The Labute approximate surface area is 110 Å². The van der Waals surface area contributed by atoms with Gasteiger partial charge in [-0.15, -0.1) is 0 Å². The van der Waals surface area contributed by atoms with Gasteiger partial charge in [-0.05, 0) is 6.08 Å². The highest BCUT2D eigenvalue weighted by Crippen LogP contribution is 2.18. The molecular formula is C13H13N5O. The van der Waals surface area contributed by atoms with Crippen molar-refractivity contribution in [1.29, 1.82) is 0 Å². The minimum Gasteiger partial charge on any atom is -0.327 e. The summed E-state index contributed by atoms with van der Waals surface area (Å²) in [4.78, 5) is 24.5. The van der Waals surface area contributed by atoms with Gasteiger partial charge in [-0.1, -0.05) is 6.58 Å². The van der Waals surface area contributed by atoms with Gasteiger partial charge in [-0.25, -0.2) is 0 Å². The summed E-state index contributed by atoms with van der Waals surface area (Å²) >= 11 is 0. The van der Waals surface area contributed by atoms with E-state index in [1.54, 1.807) is 18.6 Å². The Hall–Kier alpha value is -2.34. The standard InChI is InChI=1S/C13H13N5O/c1-8-5-17-12(13(19)18-8)10-4-9(6-16-10)11-7-14-2-3-15-11/h2-4,7,12,17H,1,5-6H2,(H,18,19). The number of aromatic nitrogens is 2. The Balaban J connectivity index is 1.79. The second-order valence-corrected chi connectivity index (χ2v) is 4.41. The molecule has 2 aliphatic rings. The predicted octanol–water partition coefficient (Wildman–Crippen LogP) is -0.0837. The summed E-state index contributed by atoms with van der Waals surface area (Å²) in [5.74, 6) is -0.119. The van der Waals surface area contributed by atoms with E-state index in [2.05, 4.69) is 32.2 Å². The highest BCUT2D eigenvalue weighted by atomic mass is 16.2. The first-order chi connectivity index (χ1) is 9.24. The molecule has 0 spiro atoms. The second-order valence-electron chi connectivity index (χ2n) is 4.41. The van der Waals surface area contributed by atoms with E-state index in [4.69, 9.17) is 0 Å². The first-order valence-electron chi connectivity index (χ1n) is 5.97. The summed E-state index contributed by atoms with van der Waals surface area (Å²) in [5.41, 5.74) is 3.17. The summed E-state index contributed by atoms with van der Waals surface area (Å²) in [6.45, 7) is 4.81. The van der Waals surface area contributed by atoms with Gasteiger partial charge in [0, 0.05) is 30.2 Å². The van der Waals surface area contributed by atoms with Gasteiger partial charge in [0.15, 0.2) is 0 Å². The fraction of sp³-hybridized carbons (Fsp3) is 0.231. The molecule has 0 radical (unpaired) electrons. The fourth-order valence-electron chi connectivity index (χ4n) is 2.09. The number of piperazine rings is 1. The van der Waals surface area contributed by atoms with E-state index in [-0.39, 0.29) is 5.91 Å². The molecule has 0 bridgehead atoms. The van der Waals surface area contributed by atoms with E-state index < -0.39 is 6.04 Å². The highest BCUT2D eigenvalue weighted by Gasteiger charge is 2.29. The molecule has 3 rings (SSSR count). The third kappa shape index (κ3) is 2.30. The molecular weight excluding hydrogens is 242 g/mol. The van der Waals surface area contributed by atoms with Crippen molar-refractivity contribution >= 4 is 17.2 Å². The SMILES string of the molecule is C=C1CNC(C2=NCC(c3cnccn3)=C2)C(=O)N1. The molecule has 0 aliphatic carbocycles. The maximum Gasteiger partial charge on any atom is 0.247 e. The lowest BCUT2D eigenvalue weighted by Gasteiger charge is -2.24. The maximum atomic E-state index is 11.9. The van der Waals surface area contributed by atoms with Crippen molar-refractivity contribution in [3.05, 3.63) is 42.6 Å². The van der Waals surface area contributed by atoms with Crippen LogP contribution in [0, 0.1) is 0 Å². The van der Waals surface area contributed by atoms with Crippen LogP contribution in [0.5, 0.6) is 0 Å². The molecule has 3 heterocycles. The van der Waals surface area contributed by atoms with E-state index in [1.165, 1.54) is 0 Å². The second kappa shape index (κ2) is 4.74. The minimum absolute atomic E-state index is 0.119. The normalized spacial score (nSPS) is 22.8. The number of nitrogens with one attached hydrogen (secondary N) is 2. The van der Waals surface area contributed by atoms with Crippen molar-refractivity contribution < 1.29 is 4.79 Å². The van der Waals surface area contributed by atoms with Crippen LogP contribution in [0.4, 0.5) is 0 Å². The van der Waals surface area contributed by atoms with Gasteiger partial charge in [0.2, 0.25) is 5.91 Å². The number of hydrogen-bond acceptors (Lipinski definition) is 5. The largest absolute Gasteiger partial charge is 0.327 e. The first kappa shape index (κ1) is 11.7. The monoisotopic (exact) mass is 255 g/mol. The van der Waals surface area contributed by atoms with Gasteiger partial charge in [0.25, 0.3) is 0 Å². The van der Waals surface area contributed by atoms with Crippen molar-refractivity contribution in [1.82, 2.24) is 20.6 Å². The minimum atomic E-state index is -0.417. The molecule has 1 aromatic rings. The molecule has 19 heavy (non-hydrogen) atoms. The lowest BCUT2D eigenvalue weighted by Crippen LogP contribution is -2.54. The van der Waals surface area contributed by atoms with Gasteiger partial charge in [0.1, 0.15) is 6.04 Å². The lowest BCUT2D eigenvalue weighted by molar-refractivity contribution is -0.121. The predicted molar refractivity (Wildman–Crippen MR) is 71.4 cm³/mol. The number of rotatable bonds is 2. The molecule has 1 atom stereocenters. The van der Waals surface area contributed by atoms with Gasteiger partial charge < -0.3 is 5.32 Å². The number of nitrogens with zero attached hydrogens (tertiary/aromatic N) is 3. The van der Waals surface area contributed by atoms with Crippen LogP contribution in [0.1, 0.15) is 5.69 Å². The molecule has 1 saturated heterocycles. The Morgan fingerprint density at radius 1 is 1.37 bits per heavy atom. The van der Waals surface area contributed by atoms with Gasteiger partial charge in [-0.2, -0.15) is 0 Å². The van der Waals surface area contributed by atoms with Crippen LogP contribution < -0.4 is 10.6 Å². The fourth-order valence-corrected chi connectivity index (χ4v) is 2.09. The Morgan fingerprint density at radius 2 is 2.26 bits per heavy atom. The van der Waals surface area contributed by atoms with E-state index in [1.807, 2.05) is 6.08 Å². The van der Waals surface area contributed by atoms with Crippen LogP contribution in [0.3, 0.4) is 0 Å².